The average molecular weight is 725 g/mol. The van der Waals surface area contributed by atoms with Crippen molar-refractivity contribution in [3.63, 3.8) is 0 Å². The number of Topliss-reactive ketones (excluding diaryl/α,β-unsaturated/α-hetero) is 2. The summed E-state index contributed by atoms with van der Waals surface area (Å²) in [7, 11) is 0. The van der Waals surface area contributed by atoms with Crippen molar-refractivity contribution in [2.24, 2.45) is 62.6 Å². The molecule has 0 N–H and O–H groups in total. The van der Waals surface area contributed by atoms with Gasteiger partial charge in [-0.15, -0.1) is 0 Å². The number of hydrogen-bond donors (Lipinski definition) is 0. The van der Waals surface area contributed by atoms with Gasteiger partial charge in [-0.2, -0.15) is 0 Å². The van der Waals surface area contributed by atoms with Crippen LogP contribution >= 0.6 is 0 Å². The van der Waals surface area contributed by atoms with Crippen LogP contribution in [-0.4, -0.2) is 34.7 Å². The molecule has 0 aliphatic heterocycles. The molecule has 6 nitrogen and oxygen atoms in total. The molecule has 0 aromatic heterocycles. The molecule has 0 bridgehead atoms. The number of fused-ring (bicyclic) bond motifs is 10. The van der Waals surface area contributed by atoms with Crippen molar-refractivity contribution in [1.82, 2.24) is 0 Å². The van der Waals surface area contributed by atoms with E-state index in [1.807, 2.05) is 12.2 Å². The second kappa shape index (κ2) is 12.6. The molecule has 0 amide bonds. The van der Waals surface area contributed by atoms with Crippen molar-refractivity contribution in [1.29, 1.82) is 0 Å². The van der Waals surface area contributed by atoms with E-state index in [1.165, 1.54) is 42.1 Å². The van der Waals surface area contributed by atoms with Crippen LogP contribution in [-0.2, 0) is 28.7 Å². The lowest BCUT2D eigenvalue weighted by molar-refractivity contribution is -0.185. The Bertz CT molecular complexity index is 1790. The third kappa shape index (κ3) is 5.25. The molecule has 6 heteroatoms. The topological polar surface area (TPSA) is 94.6 Å². The molecule has 288 valence electrons. The largest absolute Gasteiger partial charge is 0.451 e. The van der Waals surface area contributed by atoms with Crippen LogP contribution in [0.5, 0.6) is 0 Å². The van der Waals surface area contributed by atoms with Crippen LogP contribution in [0, 0.1) is 62.6 Å². The van der Waals surface area contributed by atoms with E-state index < -0.39 is 5.60 Å². The van der Waals surface area contributed by atoms with Gasteiger partial charge in [0.25, 0.3) is 0 Å². The lowest BCUT2D eigenvalue weighted by atomic mass is 9.46. The zero-order valence-electron chi connectivity index (χ0n) is 34.2. The maximum Gasteiger partial charge on any atom is 0.303 e. The monoisotopic (exact) mass is 724 g/mol. The minimum atomic E-state index is -0.990. The molecule has 4 saturated carbocycles. The predicted octanol–water partition coefficient (Wildman–Crippen LogP) is 9.86. The van der Waals surface area contributed by atoms with E-state index in [0.29, 0.717) is 66.3 Å². The minimum Gasteiger partial charge on any atom is -0.451 e. The van der Waals surface area contributed by atoms with Crippen LogP contribution in [0.2, 0.25) is 0 Å². The summed E-state index contributed by atoms with van der Waals surface area (Å²) in [5, 5.41) is 0. The van der Waals surface area contributed by atoms with Crippen molar-refractivity contribution in [2.75, 3.05) is 0 Å². The maximum atomic E-state index is 12.8. The molecule has 0 saturated heterocycles. The first-order valence-corrected chi connectivity index (χ1v) is 20.8. The highest BCUT2D eigenvalue weighted by atomic mass is 16.6. The zero-order chi connectivity index (χ0) is 38.7. The van der Waals surface area contributed by atoms with Crippen LogP contribution in [0.3, 0.4) is 0 Å². The Morgan fingerprint density at radius 1 is 0.585 bits per heavy atom. The Balaban J connectivity index is 0.000000165. The number of allylic oxidation sites excluding steroid dienone is 8. The van der Waals surface area contributed by atoms with Gasteiger partial charge in [0.2, 0.25) is 0 Å². The summed E-state index contributed by atoms with van der Waals surface area (Å²) in [6, 6.07) is 0. The van der Waals surface area contributed by atoms with Crippen LogP contribution in [0.4, 0.5) is 0 Å². The molecule has 8 aliphatic rings. The van der Waals surface area contributed by atoms with Gasteiger partial charge in [0.1, 0.15) is 5.78 Å². The van der Waals surface area contributed by atoms with Crippen molar-refractivity contribution in [2.45, 2.75) is 152 Å². The third-order valence-corrected chi connectivity index (χ3v) is 18.0. The van der Waals surface area contributed by atoms with Crippen LogP contribution < -0.4 is 0 Å². The lowest BCUT2D eigenvalue weighted by Gasteiger charge is -2.58. The number of rotatable bonds is 3. The normalized spacial score (nSPS) is 46.6. The standard InChI is InChI=1S/C24H32O4.C23H32O2/c1-14-12-18-19(22(4)9-6-17(27)13-21(14)22)7-10-23(5)20(18)8-11-24(23,15(2)25)28-16(3)26;1-14-12-17-18(21(3)9-6-16(25)13-20(14)21)7-11-23(5)19(17)8-10-22(23,4)15(2)24/h12-13,18-20H,6-11H2,1-5H3;12-13,17-19H,6-11H2,1-5H3/t18-,19+,20+,22-,23+,24+;17-,18+,19+,21-,22-,23+/m11/s1. The summed E-state index contributed by atoms with van der Waals surface area (Å²) >= 11 is 0. The van der Waals surface area contributed by atoms with Gasteiger partial charge in [-0.1, -0.05) is 57.9 Å². The highest BCUT2D eigenvalue weighted by Crippen LogP contribution is 2.70. The lowest BCUT2D eigenvalue weighted by Crippen LogP contribution is -2.58. The van der Waals surface area contributed by atoms with Gasteiger partial charge in [-0.25, -0.2) is 0 Å². The van der Waals surface area contributed by atoms with Crippen molar-refractivity contribution < 1.29 is 28.7 Å². The summed E-state index contributed by atoms with van der Waals surface area (Å²) in [6.45, 7) is 20.7. The fourth-order valence-electron chi connectivity index (χ4n) is 14.7. The summed E-state index contributed by atoms with van der Waals surface area (Å²) in [4.78, 5) is 61.3. The Morgan fingerprint density at radius 2 is 1.02 bits per heavy atom. The summed E-state index contributed by atoms with van der Waals surface area (Å²) in [6.07, 6.45) is 19.9. The molecule has 4 fully saturated rings. The fraction of sp³-hybridized carbons (Fsp3) is 0.723. The summed E-state index contributed by atoms with van der Waals surface area (Å²) in [5.41, 5.74) is 3.88. The molecule has 0 unspecified atom stereocenters. The van der Waals surface area contributed by atoms with Gasteiger partial charge in [0, 0.05) is 30.6 Å². The molecular weight excluding hydrogens is 661 g/mol. The molecule has 8 aliphatic carbocycles. The first-order chi connectivity index (χ1) is 24.7. The molecule has 0 aromatic carbocycles. The zero-order valence-corrected chi connectivity index (χ0v) is 34.2. The van der Waals surface area contributed by atoms with Gasteiger partial charge in [-0.05, 0) is 167 Å². The quantitative estimate of drug-likeness (QED) is 0.269. The summed E-state index contributed by atoms with van der Waals surface area (Å²) in [5.74, 6) is 3.50. The molecule has 53 heavy (non-hydrogen) atoms. The first-order valence-electron chi connectivity index (χ1n) is 20.8. The van der Waals surface area contributed by atoms with Gasteiger partial charge in [-0.3, -0.25) is 24.0 Å². The predicted molar refractivity (Wildman–Crippen MR) is 206 cm³/mol. The molecule has 0 spiro atoms. The molecule has 8 rings (SSSR count). The highest BCUT2D eigenvalue weighted by molar-refractivity contribution is 5.93. The van der Waals surface area contributed by atoms with Crippen molar-refractivity contribution in [3.05, 3.63) is 46.6 Å². The number of carbonyl (C=O) groups excluding carboxylic acids is 5. The number of carbonyl (C=O) groups is 5. The molecule has 0 heterocycles. The Labute approximate surface area is 318 Å². The van der Waals surface area contributed by atoms with Crippen LogP contribution in [0.1, 0.15) is 146 Å². The average Bonchev–Trinajstić information content (AvgIpc) is 3.54. The first kappa shape index (κ1) is 38.4. The van der Waals surface area contributed by atoms with Gasteiger partial charge >= 0.3 is 5.97 Å². The van der Waals surface area contributed by atoms with Gasteiger partial charge in [0.05, 0.1) is 0 Å². The highest BCUT2D eigenvalue weighted by Gasteiger charge is 2.68. The van der Waals surface area contributed by atoms with E-state index in [-0.39, 0.29) is 44.6 Å². The van der Waals surface area contributed by atoms with E-state index in [9.17, 15) is 24.0 Å². The number of ketones is 4. The summed E-state index contributed by atoms with van der Waals surface area (Å²) < 4.78 is 5.82. The van der Waals surface area contributed by atoms with E-state index in [0.717, 1.165) is 44.9 Å². The minimum absolute atomic E-state index is 0.0160. The number of ether oxygens (including phenoxy) is 1. The van der Waals surface area contributed by atoms with E-state index in [2.05, 4.69) is 60.6 Å². The van der Waals surface area contributed by atoms with Gasteiger partial charge in [0.15, 0.2) is 23.0 Å². The molecular formula is C47H64O6. The van der Waals surface area contributed by atoms with E-state index >= 15 is 0 Å². The smallest absolute Gasteiger partial charge is 0.303 e. The number of esters is 1. The second-order valence-electron chi connectivity index (χ2n) is 20.0. The Hall–Kier alpha value is -2.89. The third-order valence-electron chi connectivity index (χ3n) is 18.0. The van der Waals surface area contributed by atoms with E-state index in [1.54, 1.807) is 13.8 Å². The number of hydrogen-bond acceptors (Lipinski definition) is 6. The van der Waals surface area contributed by atoms with Crippen LogP contribution in [0.15, 0.2) is 46.6 Å². The Morgan fingerprint density at radius 3 is 1.47 bits per heavy atom. The SMILES string of the molecule is CC(=O)O[C@]1(C(C)=O)CC[C@H]2[C@@H]3C=C(C)C4=CC(=O)CC[C@]4(C)[C@H]3CC[C@@]21C.CC(=O)[C@@]1(C)CC[C@H]2[C@@H]3C=C(C)C4=CC(=O)CC[C@]4(C)[C@H]3CC[C@@]21C. The maximum absolute atomic E-state index is 12.8. The molecule has 12 atom stereocenters. The van der Waals surface area contributed by atoms with Crippen LogP contribution in [0.25, 0.3) is 0 Å². The van der Waals surface area contributed by atoms with Crippen molar-refractivity contribution in [3.8, 4) is 0 Å². The van der Waals surface area contributed by atoms with E-state index in [4.69, 9.17) is 4.74 Å². The molecule has 0 aromatic rings. The fourth-order valence-corrected chi connectivity index (χ4v) is 14.7. The Kier molecular flexibility index (Phi) is 9.10. The second-order valence-corrected chi connectivity index (χ2v) is 20.0. The molecule has 0 radical (unpaired) electrons. The van der Waals surface area contributed by atoms with Gasteiger partial charge < -0.3 is 4.74 Å². The van der Waals surface area contributed by atoms with Crippen molar-refractivity contribution >= 4 is 29.1 Å².